The van der Waals surface area contributed by atoms with E-state index in [2.05, 4.69) is 25.5 Å². The van der Waals surface area contributed by atoms with E-state index in [4.69, 9.17) is 0 Å². The number of carbonyl (C=O) groups is 1. The van der Waals surface area contributed by atoms with E-state index in [9.17, 15) is 9.18 Å². The summed E-state index contributed by atoms with van der Waals surface area (Å²) in [6.45, 7) is 4.78. The number of hydrogen-bond acceptors (Lipinski definition) is 5. The minimum absolute atomic E-state index is 0.0535. The number of aryl methyl sites for hydroxylation is 1. The van der Waals surface area contributed by atoms with Crippen molar-refractivity contribution in [3.05, 3.63) is 47.5 Å². The number of amides is 1. The zero-order valence-corrected chi connectivity index (χ0v) is 15.0. The van der Waals surface area contributed by atoms with Crippen molar-refractivity contribution in [1.82, 2.24) is 15.3 Å². The lowest BCUT2D eigenvalue weighted by Crippen LogP contribution is -2.31. The van der Waals surface area contributed by atoms with Crippen molar-refractivity contribution < 1.29 is 9.18 Å². The summed E-state index contributed by atoms with van der Waals surface area (Å²) in [5.74, 6) is 1.45. The van der Waals surface area contributed by atoms with Crippen molar-refractivity contribution in [2.45, 2.75) is 26.2 Å². The summed E-state index contributed by atoms with van der Waals surface area (Å²) in [5, 5.41) is 5.91. The number of rotatable bonds is 6. The highest BCUT2D eigenvalue weighted by Gasteiger charge is 2.14. The first-order valence-electron chi connectivity index (χ1n) is 9.01. The second kappa shape index (κ2) is 8.60. The summed E-state index contributed by atoms with van der Waals surface area (Å²) in [5.41, 5.74) is 0.0535. The van der Waals surface area contributed by atoms with E-state index in [-0.39, 0.29) is 5.56 Å². The maximum Gasteiger partial charge on any atom is 0.254 e. The van der Waals surface area contributed by atoms with Crippen LogP contribution in [0.2, 0.25) is 0 Å². The van der Waals surface area contributed by atoms with Crippen LogP contribution in [0.4, 0.5) is 16.0 Å². The van der Waals surface area contributed by atoms with Gasteiger partial charge in [-0.15, -0.1) is 0 Å². The Balaban J connectivity index is 1.52. The van der Waals surface area contributed by atoms with Crippen molar-refractivity contribution in [3.8, 4) is 0 Å². The fourth-order valence-corrected chi connectivity index (χ4v) is 3.03. The van der Waals surface area contributed by atoms with Crippen LogP contribution in [0.1, 0.15) is 35.4 Å². The fourth-order valence-electron chi connectivity index (χ4n) is 3.03. The monoisotopic (exact) mass is 357 g/mol. The number of aromatic nitrogens is 2. The van der Waals surface area contributed by atoms with Gasteiger partial charge in [-0.25, -0.2) is 14.4 Å². The molecule has 0 saturated carbocycles. The first kappa shape index (κ1) is 18.1. The minimum atomic E-state index is -0.518. The van der Waals surface area contributed by atoms with Crippen LogP contribution in [-0.2, 0) is 0 Å². The first-order chi connectivity index (χ1) is 12.6. The average molecular weight is 357 g/mol. The molecule has 6 nitrogen and oxygen atoms in total. The van der Waals surface area contributed by atoms with Crippen LogP contribution in [-0.4, -0.2) is 42.1 Å². The predicted octanol–water partition coefficient (Wildman–Crippen LogP) is 2.76. The molecule has 1 saturated heterocycles. The molecule has 1 amide bonds. The molecule has 2 heterocycles. The number of carbonyl (C=O) groups excluding carboxylic acids is 1. The van der Waals surface area contributed by atoms with Crippen molar-refractivity contribution in [2.75, 3.05) is 36.4 Å². The van der Waals surface area contributed by atoms with Crippen LogP contribution in [0.25, 0.3) is 0 Å². The third-order valence-electron chi connectivity index (χ3n) is 4.34. The van der Waals surface area contributed by atoms with E-state index in [0.29, 0.717) is 18.9 Å². The molecule has 1 aliphatic rings. The highest BCUT2D eigenvalue weighted by molar-refractivity contribution is 5.94. The maximum absolute atomic E-state index is 13.6. The summed E-state index contributed by atoms with van der Waals surface area (Å²) < 4.78 is 13.6. The maximum atomic E-state index is 13.6. The van der Waals surface area contributed by atoms with Crippen LogP contribution >= 0.6 is 0 Å². The lowest BCUT2D eigenvalue weighted by molar-refractivity contribution is 0.0951. The lowest BCUT2D eigenvalue weighted by atomic mass is 10.1. The van der Waals surface area contributed by atoms with Gasteiger partial charge < -0.3 is 15.5 Å². The highest BCUT2D eigenvalue weighted by atomic mass is 19.1. The summed E-state index contributed by atoms with van der Waals surface area (Å²) in [4.78, 5) is 23.2. The number of benzene rings is 1. The van der Waals surface area contributed by atoms with Gasteiger partial charge in [-0.2, -0.15) is 0 Å². The molecular weight excluding hydrogens is 333 g/mol. The SMILES string of the molecule is Cc1nc(NCCNC(=O)c2ccccc2F)cc(N2CCCCC2)n1. The largest absolute Gasteiger partial charge is 0.368 e. The molecule has 2 aromatic rings. The van der Waals surface area contributed by atoms with Gasteiger partial charge in [-0.3, -0.25) is 4.79 Å². The summed E-state index contributed by atoms with van der Waals surface area (Å²) in [6, 6.07) is 7.89. The lowest BCUT2D eigenvalue weighted by Gasteiger charge is -2.28. The summed E-state index contributed by atoms with van der Waals surface area (Å²) in [6.07, 6.45) is 3.65. The number of hydrogen-bond donors (Lipinski definition) is 2. The standard InChI is InChI=1S/C19H24FN5O/c1-14-23-17(13-18(24-14)25-11-5-2-6-12-25)21-9-10-22-19(26)15-7-3-4-8-16(15)20/h3-4,7-8,13H,2,5-6,9-12H2,1H3,(H,22,26)(H,21,23,24). The second-order valence-electron chi connectivity index (χ2n) is 6.37. The third kappa shape index (κ3) is 4.68. The Bertz CT molecular complexity index is 761. The molecule has 26 heavy (non-hydrogen) atoms. The van der Waals surface area contributed by atoms with E-state index in [1.807, 2.05) is 13.0 Å². The molecule has 0 aliphatic carbocycles. The molecule has 1 aliphatic heterocycles. The Morgan fingerprint density at radius 2 is 1.92 bits per heavy atom. The fraction of sp³-hybridized carbons (Fsp3) is 0.421. The Hall–Kier alpha value is -2.70. The van der Waals surface area contributed by atoms with Crippen molar-refractivity contribution in [2.24, 2.45) is 0 Å². The molecule has 1 aromatic carbocycles. The van der Waals surface area contributed by atoms with E-state index in [1.165, 1.54) is 31.4 Å². The minimum Gasteiger partial charge on any atom is -0.368 e. The van der Waals surface area contributed by atoms with Crippen LogP contribution in [0.15, 0.2) is 30.3 Å². The third-order valence-corrected chi connectivity index (χ3v) is 4.34. The molecule has 1 fully saturated rings. The normalized spacial score (nSPS) is 14.2. The molecule has 7 heteroatoms. The Morgan fingerprint density at radius 1 is 1.15 bits per heavy atom. The number of nitrogens with one attached hydrogen (secondary N) is 2. The molecule has 2 N–H and O–H groups in total. The topological polar surface area (TPSA) is 70.2 Å². The van der Waals surface area contributed by atoms with Gasteiger partial charge in [-0.05, 0) is 38.3 Å². The highest BCUT2D eigenvalue weighted by Crippen LogP contribution is 2.20. The van der Waals surface area contributed by atoms with Crippen LogP contribution in [0.3, 0.4) is 0 Å². The van der Waals surface area contributed by atoms with Crippen LogP contribution in [0, 0.1) is 12.7 Å². The molecule has 138 valence electrons. The Kier molecular flexibility index (Phi) is 5.99. The van der Waals surface area contributed by atoms with Crippen molar-refractivity contribution >= 4 is 17.5 Å². The molecule has 0 spiro atoms. The zero-order chi connectivity index (χ0) is 18.4. The number of halogens is 1. The van der Waals surface area contributed by atoms with E-state index in [0.717, 1.165) is 24.7 Å². The Morgan fingerprint density at radius 3 is 2.69 bits per heavy atom. The van der Waals surface area contributed by atoms with Crippen LogP contribution < -0.4 is 15.5 Å². The second-order valence-corrected chi connectivity index (χ2v) is 6.37. The number of anilines is 2. The summed E-state index contributed by atoms with van der Waals surface area (Å²) in [7, 11) is 0. The average Bonchev–Trinajstić information content (AvgIpc) is 2.66. The van der Waals surface area contributed by atoms with Gasteiger partial charge in [0, 0.05) is 32.2 Å². The van der Waals surface area contributed by atoms with Crippen molar-refractivity contribution in [1.29, 1.82) is 0 Å². The van der Waals surface area contributed by atoms with Gasteiger partial charge in [0.1, 0.15) is 23.3 Å². The molecule has 1 aromatic heterocycles. The molecular formula is C19H24FN5O. The van der Waals surface area contributed by atoms with E-state index in [1.54, 1.807) is 12.1 Å². The molecule has 3 rings (SSSR count). The number of piperidine rings is 1. The quantitative estimate of drug-likeness (QED) is 0.778. The van der Waals surface area contributed by atoms with Gasteiger partial charge in [0.2, 0.25) is 0 Å². The molecule has 0 radical (unpaired) electrons. The molecule has 0 atom stereocenters. The molecule has 0 unspecified atom stereocenters. The predicted molar refractivity (Wildman–Crippen MR) is 100 cm³/mol. The van der Waals surface area contributed by atoms with E-state index < -0.39 is 11.7 Å². The number of nitrogens with zero attached hydrogens (tertiary/aromatic N) is 3. The van der Waals surface area contributed by atoms with Gasteiger partial charge in [0.15, 0.2) is 0 Å². The molecule has 0 bridgehead atoms. The van der Waals surface area contributed by atoms with Gasteiger partial charge in [-0.1, -0.05) is 12.1 Å². The summed E-state index contributed by atoms with van der Waals surface area (Å²) >= 11 is 0. The van der Waals surface area contributed by atoms with Gasteiger partial charge in [0.25, 0.3) is 5.91 Å². The smallest absolute Gasteiger partial charge is 0.254 e. The van der Waals surface area contributed by atoms with Crippen LogP contribution in [0.5, 0.6) is 0 Å². The Labute approximate surface area is 152 Å². The van der Waals surface area contributed by atoms with Gasteiger partial charge in [0.05, 0.1) is 5.56 Å². The van der Waals surface area contributed by atoms with Crippen molar-refractivity contribution in [3.63, 3.8) is 0 Å². The van der Waals surface area contributed by atoms with Gasteiger partial charge >= 0.3 is 0 Å². The zero-order valence-electron chi connectivity index (χ0n) is 15.0. The first-order valence-corrected chi connectivity index (χ1v) is 9.01. The van der Waals surface area contributed by atoms with E-state index >= 15 is 0 Å².